The number of hydrogen-bond acceptors (Lipinski definition) is 4. The third-order valence-corrected chi connectivity index (χ3v) is 1.73. The monoisotopic (exact) mass is 156 g/mol. The van der Waals surface area contributed by atoms with Gasteiger partial charge in [0.1, 0.15) is 0 Å². The van der Waals surface area contributed by atoms with Crippen LogP contribution in [0.1, 0.15) is 0 Å². The summed E-state index contributed by atoms with van der Waals surface area (Å²) in [5.41, 5.74) is 5.12. The summed E-state index contributed by atoms with van der Waals surface area (Å²) in [7, 11) is 0. The largest absolute Gasteiger partial charge is 0.294 e. The van der Waals surface area contributed by atoms with E-state index in [-0.39, 0.29) is 0 Å². The molecule has 0 aromatic carbocycles. The lowest BCUT2D eigenvalue weighted by atomic mass is 11.1. The highest BCUT2D eigenvalue weighted by atomic mass is 32.2. The van der Waals surface area contributed by atoms with Crippen LogP contribution in [-0.4, -0.2) is 13.9 Å². The van der Waals surface area contributed by atoms with Crippen LogP contribution >= 0.6 is 12.0 Å². The maximum Gasteiger partial charge on any atom is 0.273 e. The Balaban J connectivity index is 2.29. The Morgan fingerprint density at radius 2 is 2.50 bits per heavy atom. The van der Waals surface area contributed by atoms with Crippen LogP contribution in [-0.2, 0) is 15.4 Å². The van der Waals surface area contributed by atoms with Crippen molar-refractivity contribution in [3.05, 3.63) is 0 Å². The van der Waals surface area contributed by atoms with E-state index in [1.165, 1.54) is 0 Å². The number of rotatable bonds is 2. The van der Waals surface area contributed by atoms with Crippen LogP contribution in [0.5, 0.6) is 0 Å². The summed E-state index contributed by atoms with van der Waals surface area (Å²) >= 11 is -1.18. The van der Waals surface area contributed by atoms with E-state index in [0.717, 1.165) is 12.0 Å². The van der Waals surface area contributed by atoms with Gasteiger partial charge in [-0.15, -0.1) is 0 Å². The minimum atomic E-state index is -2.09. The Hall–Kier alpha value is 0.340. The second-order valence-corrected chi connectivity index (χ2v) is 2.83. The quantitative estimate of drug-likeness (QED) is 0.206. The Bertz CT molecular complexity index is 122. The van der Waals surface area contributed by atoms with Gasteiger partial charge in [0.2, 0.25) is 11.3 Å². The zero-order valence-electron chi connectivity index (χ0n) is 3.66. The molecule has 1 heterocycles. The maximum atomic E-state index is 9.88. The van der Waals surface area contributed by atoms with Crippen LogP contribution in [0, 0.1) is 0 Å². The van der Waals surface area contributed by atoms with E-state index in [2.05, 4.69) is 4.18 Å². The van der Waals surface area contributed by atoms with Gasteiger partial charge in [0.15, 0.2) is 0 Å². The van der Waals surface area contributed by atoms with Crippen LogP contribution < -0.4 is 10.5 Å². The van der Waals surface area contributed by atoms with E-state index in [4.69, 9.17) is 10.3 Å². The van der Waals surface area contributed by atoms with Crippen LogP contribution in [0.3, 0.4) is 0 Å². The topological polar surface area (TPSA) is 87.9 Å². The molecule has 2 unspecified atom stereocenters. The molecule has 7 heteroatoms. The SMILES string of the molecule is NC1(NS(=O)O)OS1. The fraction of sp³-hybridized carbons (Fsp3) is 1.00. The van der Waals surface area contributed by atoms with Gasteiger partial charge >= 0.3 is 0 Å². The predicted molar refractivity (Wildman–Crippen MR) is 29.5 cm³/mol. The Kier molecular flexibility index (Phi) is 1.56. The van der Waals surface area contributed by atoms with Gasteiger partial charge in [0, 0.05) is 0 Å². The molecular weight excluding hydrogens is 152 g/mol. The smallest absolute Gasteiger partial charge is 0.273 e. The van der Waals surface area contributed by atoms with Gasteiger partial charge in [-0.2, -0.15) is 4.72 Å². The molecule has 0 bridgehead atoms. The van der Waals surface area contributed by atoms with Crippen molar-refractivity contribution in [1.29, 1.82) is 0 Å². The second-order valence-electron chi connectivity index (χ2n) is 1.19. The molecule has 0 radical (unpaired) electrons. The van der Waals surface area contributed by atoms with Crippen molar-refractivity contribution in [2.24, 2.45) is 5.73 Å². The molecule has 2 atom stereocenters. The van der Waals surface area contributed by atoms with Crippen molar-refractivity contribution in [1.82, 2.24) is 4.72 Å². The average molecular weight is 156 g/mol. The van der Waals surface area contributed by atoms with E-state index in [9.17, 15) is 4.21 Å². The van der Waals surface area contributed by atoms with Gasteiger partial charge in [-0.05, 0) is 0 Å². The van der Waals surface area contributed by atoms with Crippen LogP contribution in [0.15, 0.2) is 0 Å². The molecule has 0 spiro atoms. The summed E-state index contributed by atoms with van der Waals surface area (Å²) in [5.74, 6) is 0. The highest BCUT2D eigenvalue weighted by molar-refractivity contribution is 8.02. The van der Waals surface area contributed by atoms with Crippen LogP contribution in [0.25, 0.3) is 0 Å². The summed E-state index contributed by atoms with van der Waals surface area (Å²) in [6.45, 7) is 0. The summed E-state index contributed by atoms with van der Waals surface area (Å²) in [5, 5.41) is -1.11. The molecule has 1 fully saturated rings. The standard InChI is InChI=1S/CH4N2O3S2/c2-1(6-7-1)3-8(4)5/h3H,2H2,(H,4,5). The Morgan fingerprint density at radius 3 is 2.62 bits per heavy atom. The first-order chi connectivity index (χ1) is 3.62. The highest BCUT2D eigenvalue weighted by Gasteiger charge is 2.45. The molecule has 0 aliphatic carbocycles. The van der Waals surface area contributed by atoms with Crippen molar-refractivity contribution in [2.75, 3.05) is 0 Å². The summed E-state index contributed by atoms with van der Waals surface area (Å²) in [6, 6.07) is 0. The molecule has 0 aromatic heterocycles. The lowest BCUT2D eigenvalue weighted by Gasteiger charge is -1.97. The van der Waals surface area contributed by atoms with E-state index in [1.54, 1.807) is 0 Å². The van der Waals surface area contributed by atoms with Gasteiger partial charge in [0.05, 0.1) is 12.0 Å². The van der Waals surface area contributed by atoms with Crippen molar-refractivity contribution in [3.8, 4) is 0 Å². The van der Waals surface area contributed by atoms with Gasteiger partial charge in [-0.25, -0.2) is 4.21 Å². The zero-order chi connectivity index (χ0) is 6.20. The molecule has 48 valence electrons. The highest BCUT2D eigenvalue weighted by Crippen LogP contribution is 2.38. The molecule has 4 N–H and O–H groups in total. The first kappa shape index (κ1) is 6.46. The van der Waals surface area contributed by atoms with Crippen LogP contribution in [0.4, 0.5) is 0 Å². The first-order valence-electron chi connectivity index (χ1n) is 1.67. The normalized spacial score (nSPS) is 39.2. The molecule has 1 rings (SSSR count). The molecular formula is CH4N2O3S2. The number of hydrogen-bond donors (Lipinski definition) is 3. The summed E-state index contributed by atoms with van der Waals surface area (Å²) < 4.78 is 24.5. The zero-order valence-corrected chi connectivity index (χ0v) is 5.29. The fourth-order valence-electron chi connectivity index (χ4n) is 0.201. The Labute approximate surface area is 52.6 Å². The average Bonchev–Trinajstić information content (AvgIpc) is 2.17. The third kappa shape index (κ3) is 1.69. The number of nitrogens with one attached hydrogen (secondary N) is 1. The van der Waals surface area contributed by atoms with Crippen molar-refractivity contribution in [3.63, 3.8) is 0 Å². The van der Waals surface area contributed by atoms with Gasteiger partial charge < -0.3 is 0 Å². The molecule has 5 nitrogen and oxygen atoms in total. The van der Waals surface area contributed by atoms with E-state index in [0.29, 0.717) is 0 Å². The molecule has 1 aliphatic rings. The fourth-order valence-corrected chi connectivity index (χ4v) is 1.02. The molecule has 8 heavy (non-hydrogen) atoms. The molecule has 1 aliphatic heterocycles. The van der Waals surface area contributed by atoms with Gasteiger partial charge in [0.25, 0.3) is 5.18 Å². The summed E-state index contributed by atoms with van der Waals surface area (Å²) in [4.78, 5) is 0. The second kappa shape index (κ2) is 1.94. The lowest BCUT2D eigenvalue weighted by molar-refractivity contribution is 0.307. The van der Waals surface area contributed by atoms with E-state index < -0.39 is 16.4 Å². The molecule has 1 saturated heterocycles. The van der Waals surface area contributed by atoms with Crippen molar-refractivity contribution in [2.45, 2.75) is 5.18 Å². The summed E-state index contributed by atoms with van der Waals surface area (Å²) in [6.07, 6.45) is 0. The van der Waals surface area contributed by atoms with E-state index >= 15 is 0 Å². The minimum absolute atomic E-state index is 0.913. The molecule has 0 aromatic rings. The van der Waals surface area contributed by atoms with Gasteiger partial charge in [-0.3, -0.25) is 14.5 Å². The molecule has 0 amide bonds. The van der Waals surface area contributed by atoms with Crippen LogP contribution in [0.2, 0.25) is 0 Å². The third-order valence-electron chi connectivity index (χ3n) is 0.492. The predicted octanol–water partition coefficient (Wildman–Crippen LogP) is -1.04. The first-order valence-corrected chi connectivity index (χ1v) is 3.52. The maximum absolute atomic E-state index is 9.88. The van der Waals surface area contributed by atoms with Gasteiger partial charge in [-0.1, -0.05) is 0 Å². The minimum Gasteiger partial charge on any atom is -0.294 e. The van der Waals surface area contributed by atoms with Crippen molar-refractivity contribution < 1.29 is 12.9 Å². The Morgan fingerprint density at radius 1 is 2.00 bits per heavy atom. The number of nitrogens with two attached hydrogens (primary N) is 1. The molecule has 0 saturated carbocycles. The van der Waals surface area contributed by atoms with Crippen molar-refractivity contribution >= 4 is 23.3 Å². The lowest BCUT2D eigenvalue weighted by Crippen LogP contribution is -2.40. The van der Waals surface area contributed by atoms with E-state index in [1.807, 2.05) is 4.72 Å².